The summed E-state index contributed by atoms with van der Waals surface area (Å²) in [5.41, 5.74) is 7.92. The maximum Gasteiger partial charge on any atom is 0.171 e. The molecule has 7 aromatic carbocycles. The standard InChI is InChI=1S/C43H35OP/c1-3-43(4-2)38-24-14-13-22-36(38)41-35-21-12-11-20-34(35)40(37-23-15-25-39(43)42(37)41)30-26-28-33(29-27-30)45(44,31-16-7-5-8-17-31)32-18-9-6-10-19-32/h5-29H,3-4H2,1-2H3. The number of fused-ring (bicyclic) bond motifs is 4. The number of benzene rings is 7. The van der Waals surface area contributed by atoms with Crippen molar-refractivity contribution in [3.63, 3.8) is 0 Å². The highest BCUT2D eigenvalue weighted by molar-refractivity contribution is 7.85. The van der Waals surface area contributed by atoms with Crippen molar-refractivity contribution in [2.45, 2.75) is 32.1 Å². The SMILES string of the molecule is CCC1(CC)c2ccccc2-c2c3ccccc3c(-c3ccc(P(=O)(c4ccccc4)c4ccccc4)cc3)c3cccc1c23. The van der Waals surface area contributed by atoms with E-state index in [0.717, 1.165) is 34.3 Å². The van der Waals surface area contributed by atoms with E-state index in [9.17, 15) is 0 Å². The molecule has 7 aromatic rings. The zero-order valence-corrected chi connectivity index (χ0v) is 26.6. The van der Waals surface area contributed by atoms with Gasteiger partial charge in [-0.2, -0.15) is 0 Å². The van der Waals surface area contributed by atoms with E-state index < -0.39 is 7.14 Å². The molecule has 0 aromatic heterocycles. The first-order valence-corrected chi connectivity index (χ1v) is 17.7. The molecule has 0 bridgehead atoms. The average Bonchev–Trinajstić information content (AvgIpc) is 3.12. The molecule has 0 fully saturated rings. The third kappa shape index (κ3) is 3.97. The molecule has 0 heterocycles. The molecule has 1 nitrogen and oxygen atoms in total. The highest BCUT2D eigenvalue weighted by Gasteiger charge is 2.39. The second-order valence-corrected chi connectivity index (χ2v) is 15.0. The van der Waals surface area contributed by atoms with Crippen LogP contribution < -0.4 is 15.9 Å². The van der Waals surface area contributed by atoms with Gasteiger partial charge in [0.05, 0.1) is 0 Å². The Labute approximate surface area is 265 Å². The summed E-state index contributed by atoms with van der Waals surface area (Å²) in [6, 6.07) is 53.3. The van der Waals surface area contributed by atoms with Gasteiger partial charge in [0.1, 0.15) is 0 Å². The monoisotopic (exact) mass is 598 g/mol. The van der Waals surface area contributed by atoms with Crippen molar-refractivity contribution in [3.8, 4) is 22.3 Å². The summed E-state index contributed by atoms with van der Waals surface area (Å²) in [7, 11) is -3.06. The second-order valence-electron chi connectivity index (χ2n) is 12.2. The summed E-state index contributed by atoms with van der Waals surface area (Å²) < 4.78 is 15.1. The summed E-state index contributed by atoms with van der Waals surface area (Å²) in [5, 5.41) is 7.73. The minimum Gasteiger partial charge on any atom is -0.309 e. The Balaban J connectivity index is 1.41. The van der Waals surface area contributed by atoms with Gasteiger partial charge in [-0.1, -0.05) is 166 Å². The first kappa shape index (κ1) is 27.8. The maximum absolute atomic E-state index is 15.1. The van der Waals surface area contributed by atoms with Crippen LogP contribution in [-0.2, 0) is 9.98 Å². The minimum absolute atomic E-state index is 0.0370. The summed E-state index contributed by atoms with van der Waals surface area (Å²) in [5.74, 6) is 0. The number of rotatable bonds is 6. The molecular formula is C43H35OP. The molecule has 0 unspecified atom stereocenters. The summed E-state index contributed by atoms with van der Waals surface area (Å²) in [6.45, 7) is 4.67. The van der Waals surface area contributed by atoms with Crippen LogP contribution in [0, 0.1) is 0 Å². The smallest absolute Gasteiger partial charge is 0.171 e. The van der Waals surface area contributed by atoms with E-state index in [2.05, 4.69) is 105 Å². The van der Waals surface area contributed by atoms with Crippen molar-refractivity contribution in [1.82, 2.24) is 0 Å². The third-order valence-electron chi connectivity index (χ3n) is 10.2. The predicted octanol–water partition coefficient (Wildman–Crippen LogP) is 10.4. The van der Waals surface area contributed by atoms with E-state index >= 15 is 4.57 Å². The van der Waals surface area contributed by atoms with Gasteiger partial charge < -0.3 is 4.57 Å². The Morgan fingerprint density at radius 3 is 1.58 bits per heavy atom. The van der Waals surface area contributed by atoms with Gasteiger partial charge in [0.2, 0.25) is 0 Å². The minimum atomic E-state index is -3.06. The summed E-state index contributed by atoms with van der Waals surface area (Å²) >= 11 is 0. The Hall–Kier alpha value is -4.71. The van der Waals surface area contributed by atoms with Gasteiger partial charge >= 0.3 is 0 Å². The Morgan fingerprint density at radius 2 is 0.956 bits per heavy atom. The van der Waals surface area contributed by atoms with Crippen LogP contribution in [0.5, 0.6) is 0 Å². The molecule has 0 N–H and O–H groups in total. The maximum atomic E-state index is 15.1. The van der Waals surface area contributed by atoms with Crippen molar-refractivity contribution in [1.29, 1.82) is 0 Å². The van der Waals surface area contributed by atoms with Crippen LogP contribution >= 0.6 is 7.14 Å². The van der Waals surface area contributed by atoms with E-state index in [1.54, 1.807) is 0 Å². The molecule has 8 rings (SSSR count). The zero-order valence-electron chi connectivity index (χ0n) is 25.7. The molecule has 1 aliphatic carbocycles. The highest BCUT2D eigenvalue weighted by Crippen LogP contribution is 2.56. The predicted molar refractivity (Wildman–Crippen MR) is 193 cm³/mol. The summed E-state index contributed by atoms with van der Waals surface area (Å²) in [4.78, 5) is 0. The lowest BCUT2D eigenvalue weighted by Crippen LogP contribution is -2.29. The van der Waals surface area contributed by atoms with Crippen molar-refractivity contribution in [2.75, 3.05) is 0 Å². The highest BCUT2D eigenvalue weighted by atomic mass is 31.2. The molecule has 0 saturated carbocycles. The van der Waals surface area contributed by atoms with Gasteiger partial charge in [0, 0.05) is 21.3 Å². The zero-order chi connectivity index (χ0) is 30.6. The molecule has 45 heavy (non-hydrogen) atoms. The molecule has 0 atom stereocenters. The van der Waals surface area contributed by atoms with Crippen LogP contribution in [0.25, 0.3) is 43.8 Å². The second kappa shape index (κ2) is 10.7. The molecule has 0 saturated heterocycles. The van der Waals surface area contributed by atoms with Gasteiger partial charge in [-0.15, -0.1) is 0 Å². The van der Waals surface area contributed by atoms with Crippen LogP contribution in [0.3, 0.4) is 0 Å². The van der Waals surface area contributed by atoms with Gasteiger partial charge in [-0.3, -0.25) is 0 Å². The lowest BCUT2D eigenvalue weighted by Gasteiger charge is -2.40. The van der Waals surface area contributed by atoms with Crippen molar-refractivity contribution in [2.24, 2.45) is 0 Å². The number of hydrogen-bond donors (Lipinski definition) is 0. The largest absolute Gasteiger partial charge is 0.309 e. The molecule has 1 aliphatic rings. The van der Waals surface area contributed by atoms with E-state index in [1.807, 2.05) is 60.7 Å². The van der Waals surface area contributed by atoms with Crippen molar-refractivity contribution in [3.05, 3.63) is 163 Å². The molecule has 0 radical (unpaired) electrons. The van der Waals surface area contributed by atoms with Gasteiger partial charge in [0.25, 0.3) is 0 Å². The Bertz CT molecular complexity index is 2200. The quantitative estimate of drug-likeness (QED) is 0.137. The average molecular weight is 599 g/mol. The lowest BCUT2D eigenvalue weighted by atomic mass is 9.62. The molecular weight excluding hydrogens is 563 g/mol. The molecule has 0 aliphatic heterocycles. The van der Waals surface area contributed by atoms with Crippen molar-refractivity contribution < 1.29 is 4.57 Å². The van der Waals surface area contributed by atoms with Gasteiger partial charge in [-0.05, 0) is 67.8 Å². The van der Waals surface area contributed by atoms with Crippen molar-refractivity contribution >= 4 is 44.6 Å². The third-order valence-corrected chi connectivity index (χ3v) is 13.3. The number of hydrogen-bond acceptors (Lipinski definition) is 1. The van der Waals surface area contributed by atoms with E-state index in [0.29, 0.717) is 0 Å². The topological polar surface area (TPSA) is 17.1 Å². The van der Waals surface area contributed by atoms with Crippen LogP contribution in [0.2, 0.25) is 0 Å². The Kier molecular flexibility index (Phi) is 6.63. The van der Waals surface area contributed by atoms with Gasteiger partial charge in [-0.25, -0.2) is 0 Å². The van der Waals surface area contributed by atoms with Gasteiger partial charge in [0.15, 0.2) is 7.14 Å². The van der Waals surface area contributed by atoms with Crippen LogP contribution in [0.1, 0.15) is 37.8 Å². The first-order chi connectivity index (χ1) is 22.1. The fraction of sp³-hybridized carbons (Fsp3) is 0.116. The molecule has 2 heteroatoms. The van der Waals surface area contributed by atoms with Crippen LogP contribution in [0.15, 0.2) is 152 Å². The van der Waals surface area contributed by atoms with E-state index in [1.165, 1.54) is 49.4 Å². The van der Waals surface area contributed by atoms with E-state index in [4.69, 9.17) is 0 Å². The van der Waals surface area contributed by atoms with Crippen LogP contribution in [-0.4, -0.2) is 0 Å². The fourth-order valence-electron chi connectivity index (χ4n) is 8.05. The summed E-state index contributed by atoms with van der Waals surface area (Å²) in [6.07, 6.45) is 2.09. The molecule has 218 valence electrons. The molecule has 0 spiro atoms. The first-order valence-electron chi connectivity index (χ1n) is 16.0. The van der Waals surface area contributed by atoms with Crippen LogP contribution in [0.4, 0.5) is 0 Å². The Morgan fingerprint density at radius 1 is 0.467 bits per heavy atom. The normalized spacial score (nSPS) is 13.6. The lowest BCUT2D eigenvalue weighted by molar-refractivity contribution is 0.481. The molecule has 0 amide bonds. The fourth-order valence-corrected chi connectivity index (χ4v) is 10.7. The van der Waals surface area contributed by atoms with E-state index in [-0.39, 0.29) is 5.41 Å².